The Bertz CT molecular complexity index is 340. The van der Waals surface area contributed by atoms with Crippen LogP contribution in [0.5, 0.6) is 0 Å². The van der Waals surface area contributed by atoms with Gasteiger partial charge in [-0.15, -0.1) is 0 Å². The molecule has 86 valence electrons. The van der Waals surface area contributed by atoms with Crippen molar-refractivity contribution < 1.29 is 14.3 Å². The van der Waals surface area contributed by atoms with Crippen molar-refractivity contribution >= 4 is 18.1 Å². The van der Waals surface area contributed by atoms with Crippen LogP contribution in [0.3, 0.4) is 0 Å². The van der Waals surface area contributed by atoms with E-state index in [0.29, 0.717) is 25.2 Å². The highest BCUT2D eigenvalue weighted by molar-refractivity contribution is 6.05. The lowest BCUT2D eigenvalue weighted by molar-refractivity contribution is -0.106. The third-order valence-corrected chi connectivity index (χ3v) is 1.94. The van der Waals surface area contributed by atoms with Gasteiger partial charge in [0.2, 0.25) is 6.41 Å². The molecule has 0 heterocycles. The van der Waals surface area contributed by atoms with Gasteiger partial charge in [0.15, 0.2) is 0 Å². The number of carbonyl (C=O) groups excluding carboxylic acids is 2. The van der Waals surface area contributed by atoms with Crippen LogP contribution in [0.1, 0.15) is 0 Å². The number of hydrogen-bond acceptors (Lipinski definition) is 3. The van der Waals surface area contributed by atoms with Crippen LogP contribution in [0.25, 0.3) is 0 Å². The Hall–Kier alpha value is -1.88. The Kier molecular flexibility index (Phi) is 5.01. The van der Waals surface area contributed by atoms with Gasteiger partial charge in [-0.05, 0) is 12.1 Å². The molecule has 0 fully saturated rings. The topological polar surface area (TPSA) is 58.6 Å². The highest BCUT2D eigenvalue weighted by Gasteiger charge is 2.13. The van der Waals surface area contributed by atoms with Crippen molar-refractivity contribution in [1.82, 2.24) is 5.32 Å². The third-order valence-electron chi connectivity index (χ3n) is 1.94. The van der Waals surface area contributed by atoms with E-state index in [-0.39, 0.29) is 0 Å². The van der Waals surface area contributed by atoms with Gasteiger partial charge in [-0.3, -0.25) is 4.79 Å². The summed E-state index contributed by atoms with van der Waals surface area (Å²) in [5.74, 6) is 0. The summed E-state index contributed by atoms with van der Waals surface area (Å²) in [5.41, 5.74) is 0.535. The van der Waals surface area contributed by atoms with Gasteiger partial charge in [0.1, 0.15) is 0 Å². The second-order valence-corrected chi connectivity index (χ2v) is 3.04. The summed E-state index contributed by atoms with van der Waals surface area (Å²) in [6.45, 7) is 0.778. The fourth-order valence-electron chi connectivity index (χ4n) is 1.16. The summed E-state index contributed by atoms with van der Waals surface area (Å²) in [6, 6.07) is 8.24. The molecule has 0 aromatic heterocycles. The fourth-order valence-corrected chi connectivity index (χ4v) is 1.16. The fraction of sp³-hybridized carbons (Fsp3) is 0.273. The van der Waals surface area contributed by atoms with E-state index in [4.69, 9.17) is 4.74 Å². The van der Waals surface area contributed by atoms with Crippen molar-refractivity contribution in [1.29, 1.82) is 0 Å². The Morgan fingerprint density at radius 3 is 2.69 bits per heavy atom. The van der Waals surface area contributed by atoms with Gasteiger partial charge in [0, 0.05) is 13.7 Å². The Balaban J connectivity index is 2.61. The molecule has 0 bridgehead atoms. The number of nitrogens with zero attached hydrogens (tertiary/aromatic N) is 1. The van der Waals surface area contributed by atoms with Gasteiger partial charge in [0.05, 0.1) is 12.3 Å². The zero-order valence-corrected chi connectivity index (χ0v) is 9.05. The first kappa shape index (κ1) is 12.2. The average Bonchev–Trinajstić information content (AvgIpc) is 2.32. The molecule has 3 amide bonds. The van der Waals surface area contributed by atoms with E-state index in [9.17, 15) is 9.59 Å². The van der Waals surface area contributed by atoms with Crippen LogP contribution in [-0.4, -0.2) is 32.7 Å². The number of methoxy groups -OCH3 is 1. The molecule has 0 saturated carbocycles. The van der Waals surface area contributed by atoms with Gasteiger partial charge in [-0.2, -0.15) is 0 Å². The molecule has 1 N–H and O–H groups in total. The average molecular weight is 222 g/mol. The Morgan fingerprint density at radius 1 is 1.44 bits per heavy atom. The van der Waals surface area contributed by atoms with Gasteiger partial charge in [-0.1, -0.05) is 18.2 Å². The molecular weight excluding hydrogens is 208 g/mol. The molecule has 0 saturated heterocycles. The SMILES string of the molecule is COCCNC(=O)N(C=O)c1ccccc1. The van der Waals surface area contributed by atoms with Crippen molar-refractivity contribution in [2.75, 3.05) is 25.2 Å². The molecule has 0 aliphatic carbocycles. The maximum absolute atomic E-state index is 11.6. The predicted molar refractivity (Wildman–Crippen MR) is 60.3 cm³/mol. The number of imide groups is 1. The number of anilines is 1. The van der Waals surface area contributed by atoms with Crippen LogP contribution in [0.2, 0.25) is 0 Å². The van der Waals surface area contributed by atoms with Crippen LogP contribution in [0, 0.1) is 0 Å². The first-order valence-electron chi connectivity index (χ1n) is 4.86. The van der Waals surface area contributed by atoms with E-state index in [0.717, 1.165) is 4.90 Å². The molecule has 1 rings (SSSR count). The normalized spacial score (nSPS) is 9.56. The van der Waals surface area contributed by atoms with Gasteiger partial charge in [-0.25, -0.2) is 9.69 Å². The summed E-state index contributed by atoms with van der Waals surface area (Å²) in [6.07, 6.45) is 0.484. The first-order valence-corrected chi connectivity index (χ1v) is 4.86. The minimum Gasteiger partial charge on any atom is -0.383 e. The smallest absolute Gasteiger partial charge is 0.328 e. The number of ether oxygens (including phenoxy) is 1. The molecule has 0 atom stereocenters. The van der Waals surface area contributed by atoms with Gasteiger partial charge >= 0.3 is 6.03 Å². The Labute approximate surface area is 94.0 Å². The molecule has 16 heavy (non-hydrogen) atoms. The monoisotopic (exact) mass is 222 g/mol. The van der Waals surface area contributed by atoms with Crippen molar-refractivity contribution in [3.05, 3.63) is 30.3 Å². The minimum absolute atomic E-state index is 0.368. The predicted octanol–water partition coefficient (Wildman–Crippen LogP) is 1.01. The zero-order chi connectivity index (χ0) is 11.8. The summed E-state index contributed by atoms with van der Waals surface area (Å²) in [7, 11) is 1.54. The van der Waals surface area contributed by atoms with E-state index in [1.165, 1.54) is 0 Å². The minimum atomic E-state index is -0.460. The van der Waals surface area contributed by atoms with Crippen LogP contribution < -0.4 is 10.2 Å². The van der Waals surface area contributed by atoms with Crippen LogP contribution in [0.4, 0.5) is 10.5 Å². The van der Waals surface area contributed by atoms with Crippen LogP contribution >= 0.6 is 0 Å². The molecule has 1 aromatic carbocycles. The van der Waals surface area contributed by atoms with E-state index in [1.807, 2.05) is 6.07 Å². The molecule has 5 heteroatoms. The van der Waals surface area contributed by atoms with Crippen molar-refractivity contribution in [2.45, 2.75) is 0 Å². The quantitative estimate of drug-likeness (QED) is 0.597. The largest absolute Gasteiger partial charge is 0.383 e. The molecule has 5 nitrogen and oxygen atoms in total. The molecule has 0 radical (unpaired) electrons. The van der Waals surface area contributed by atoms with Gasteiger partial charge in [0.25, 0.3) is 0 Å². The number of para-hydroxylation sites is 1. The van der Waals surface area contributed by atoms with Crippen molar-refractivity contribution in [3.63, 3.8) is 0 Å². The highest BCUT2D eigenvalue weighted by Crippen LogP contribution is 2.10. The number of amides is 3. The molecule has 0 aliphatic rings. The van der Waals surface area contributed by atoms with E-state index >= 15 is 0 Å². The second kappa shape index (κ2) is 6.58. The second-order valence-electron chi connectivity index (χ2n) is 3.04. The summed E-state index contributed by atoms with van der Waals surface area (Å²) >= 11 is 0. The summed E-state index contributed by atoms with van der Waals surface area (Å²) in [4.78, 5) is 23.4. The maximum atomic E-state index is 11.6. The zero-order valence-electron chi connectivity index (χ0n) is 9.05. The van der Waals surface area contributed by atoms with Crippen LogP contribution in [-0.2, 0) is 9.53 Å². The first-order chi connectivity index (χ1) is 7.79. The number of hydrogen-bond donors (Lipinski definition) is 1. The lowest BCUT2D eigenvalue weighted by Gasteiger charge is -2.15. The summed E-state index contributed by atoms with van der Waals surface area (Å²) in [5, 5.41) is 2.56. The van der Waals surface area contributed by atoms with Crippen molar-refractivity contribution in [3.8, 4) is 0 Å². The molecule has 0 spiro atoms. The van der Waals surface area contributed by atoms with Crippen molar-refractivity contribution in [2.24, 2.45) is 0 Å². The van der Waals surface area contributed by atoms with Gasteiger partial charge < -0.3 is 10.1 Å². The lowest BCUT2D eigenvalue weighted by atomic mass is 10.3. The molecule has 1 aromatic rings. The van der Waals surface area contributed by atoms with Crippen LogP contribution in [0.15, 0.2) is 30.3 Å². The number of benzene rings is 1. The highest BCUT2D eigenvalue weighted by atomic mass is 16.5. The maximum Gasteiger partial charge on any atom is 0.328 e. The number of urea groups is 1. The number of rotatable bonds is 5. The van der Waals surface area contributed by atoms with E-state index in [2.05, 4.69) is 5.32 Å². The molecule has 0 aliphatic heterocycles. The van der Waals surface area contributed by atoms with E-state index in [1.54, 1.807) is 31.4 Å². The molecule has 0 unspecified atom stereocenters. The summed E-state index contributed by atoms with van der Waals surface area (Å²) < 4.78 is 4.79. The van der Waals surface area contributed by atoms with E-state index < -0.39 is 6.03 Å². The number of carbonyl (C=O) groups is 2. The lowest BCUT2D eigenvalue weighted by Crippen LogP contribution is -2.40. The third kappa shape index (κ3) is 3.36. The standard InChI is InChI=1S/C11H14N2O3/c1-16-8-7-12-11(15)13(9-14)10-5-3-2-4-6-10/h2-6,9H,7-8H2,1H3,(H,12,15). The molecular formula is C11H14N2O3. The Morgan fingerprint density at radius 2 is 2.12 bits per heavy atom. The number of nitrogens with one attached hydrogen (secondary N) is 1.